The van der Waals surface area contributed by atoms with Gasteiger partial charge in [-0.15, -0.1) is 0 Å². The van der Waals surface area contributed by atoms with E-state index in [0.29, 0.717) is 0 Å². The highest BCUT2D eigenvalue weighted by Gasteiger charge is 2.07. The molecular formula is C15H13N2O. The third-order valence-electron chi connectivity index (χ3n) is 3.16. The van der Waals surface area contributed by atoms with Crippen LogP contribution in [-0.4, -0.2) is 15.1 Å². The molecule has 0 aliphatic heterocycles. The average Bonchev–Trinajstić information content (AvgIpc) is 2.73. The monoisotopic (exact) mass is 237 g/mol. The molecule has 0 saturated carbocycles. The molecule has 0 bridgehead atoms. The van der Waals surface area contributed by atoms with Crippen LogP contribution in [0.3, 0.4) is 0 Å². The van der Waals surface area contributed by atoms with E-state index in [0.717, 1.165) is 22.4 Å². The first-order valence-corrected chi connectivity index (χ1v) is 5.81. The topological polar surface area (TPSA) is 48.9 Å². The molecule has 1 aromatic heterocycles. The number of phenolic OH excluding ortho intramolecular Hbond substituents is 1. The molecule has 18 heavy (non-hydrogen) atoms. The summed E-state index contributed by atoms with van der Waals surface area (Å²) < 4.78 is 0. The molecule has 0 aliphatic carbocycles. The fraction of sp³-hybridized carbons (Fsp3) is 0.133. The quantitative estimate of drug-likeness (QED) is 0.681. The Hall–Kier alpha value is -2.29. The van der Waals surface area contributed by atoms with Crippen molar-refractivity contribution in [3.05, 3.63) is 47.5 Å². The van der Waals surface area contributed by atoms with Crippen molar-refractivity contribution < 1.29 is 5.11 Å². The standard InChI is InChI=1S/C15H13N2O/c1-9-6-13-14(7-10(9)2)17-15(16-13)11-4-3-5-12(18)8-11/h3-4,6-8,18H,1-2H3,(H,16,17). The minimum atomic E-state index is 0.125. The van der Waals surface area contributed by atoms with Crippen molar-refractivity contribution in [1.82, 2.24) is 9.97 Å². The van der Waals surface area contributed by atoms with Crippen LogP contribution in [-0.2, 0) is 0 Å². The predicted octanol–water partition coefficient (Wildman–Crippen LogP) is 3.35. The Morgan fingerprint density at radius 2 is 1.94 bits per heavy atom. The molecule has 0 saturated heterocycles. The van der Waals surface area contributed by atoms with E-state index in [9.17, 15) is 5.11 Å². The van der Waals surface area contributed by atoms with Gasteiger partial charge in [-0.2, -0.15) is 0 Å². The highest BCUT2D eigenvalue weighted by molar-refractivity contribution is 5.81. The number of rotatable bonds is 1. The van der Waals surface area contributed by atoms with Crippen LogP contribution in [0.4, 0.5) is 0 Å². The van der Waals surface area contributed by atoms with Crippen LogP contribution >= 0.6 is 0 Å². The maximum absolute atomic E-state index is 9.44. The first-order chi connectivity index (χ1) is 8.63. The van der Waals surface area contributed by atoms with Crippen molar-refractivity contribution in [1.29, 1.82) is 0 Å². The first-order valence-electron chi connectivity index (χ1n) is 5.81. The first kappa shape index (κ1) is 10.8. The van der Waals surface area contributed by atoms with Gasteiger partial charge >= 0.3 is 0 Å². The summed E-state index contributed by atoms with van der Waals surface area (Å²) in [5.41, 5.74) is 5.28. The van der Waals surface area contributed by atoms with Crippen LogP contribution in [0.2, 0.25) is 0 Å². The van der Waals surface area contributed by atoms with Gasteiger partial charge in [-0.05, 0) is 49.2 Å². The lowest BCUT2D eigenvalue weighted by Gasteiger charge is -1.97. The van der Waals surface area contributed by atoms with Crippen LogP contribution in [0.5, 0.6) is 5.75 Å². The lowest BCUT2D eigenvalue weighted by molar-refractivity contribution is 0.474. The molecule has 0 fully saturated rings. The molecule has 89 valence electrons. The lowest BCUT2D eigenvalue weighted by Crippen LogP contribution is -1.79. The van der Waals surface area contributed by atoms with E-state index in [1.165, 1.54) is 11.1 Å². The zero-order valence-electron chi connectivity index (χ0n) is 10.3. The van der Waals surface area contributed by atoms with Gasteiger partial charge in [0.05, 0.1) is 11.0 Å². The van der Waals surface area contributed by atoms with Crippen molar-refractivity contribution in [2.75, 3.05) is 0 Å². The third-order valence-corrected chi connectivity index (χ3v) is 3.16. The van der Waals surface area contributed by atoms with E-state index >= 15 is 0 Å². The van der Waals surface area contributed by atoms with Gasteiger partial charge in [0.15, 0.2) is 0 Å². The molecular weight excluding hydrogens is 224 g/mol. The largest absolute Gasteiger partial charge is 0.507 e. The number of nitrogens with zero attached hydrogens (tertiary/aromatic N) is 1. The summed E-state index contributed by atoms with van der Waals surface area (Å²) in [7, 11) is 0. The predicted molar refractivity (Wildman–Crippen MR) is 71.5 cm³/mol. The normalized spacial score (nSPS) is 11.0. The Balaban J connectivity index is 2.19. The van der Waals surface area contributed by atoms with Crippen LogP contribution in [0, 0.1) is 19.9 Å². The molecule has 0 aliphatic rings. The average molecular weight is 237 g/mol. The lowest BCUT2D eigenvalue weighted by atomic mass is 10.1. The van der Waals surface area contributed by atoms with Gasteiger partial charge in [0.25, 0.3) is 0 Å². The van der Waals surface area contributed by atoms with Gasteiger partial charge in [0.1, 0.15) is 11.6 Å². The van der Waals surface area contributed by atoms with Gasteiger partial charge in [0.2, 0.25) is 0 Å². The summed E-state index contributed by atoms with van der Waals surface area (Å²) in [6.45, 7) is 4.16. The van der Waals surface area contributed by atoms with E-state index < -0.39 is 0 Å². The minimum Gasteiger partial charge on any atom is -0.507 e. The Morgan fingerprint density at radius 3 is 2.72 bits per heavy atom. The molecule has 3 heteroatoms. The Bertz CT molecular complexity index is 689. The summed E-state index contributed by atoms with van der Waals surface area (Å²) in [5.74, 6) is 0.889. The number of aryl methyl sites for hydroxylation is 2. The Labute approximate surface area is 105 Å². The summed E-state index contributed by atoms with van der Waals surface area (Å²) >= 11 is 0. The number of fused-ring (bicyclic) bond motifs is 1. The molecule has 0 amide bonds. The number of aromatic amines is 1. The number of benzene rings is 2. The molecule has 2 aromatic carbocycles. The molecule has 0 atom stereocenters. The number of hydrogen-bond donors (Lipinski definition) is 2. The van der Waals surface area contributed by atoms with Crippen molar-refractivity contribution >= 4 is 11.0 Å². The third kappa shape index (κ3) is 1.74. The fourth-order valence-corrected chi connectivity index (χ4v) is 2.01. The Kier molecular flexibility index (Phi) is 2.33. The highest BCUT2D eigenvalue weighted by Crippen LogP contribution is 2.24. The second kappa shape index (κ2) is 3.88. The second-order valence-corrected chi connectivity index (χ2v) is 4.50. The van der Waals surface area contributed by atoms with Gasteiger partial charge in [0, 0.05) is 11.6 Å². The molecule has 1 heterocycles. The van der Waals surface area contributed by atoms with E-state index in [4.69, 9.17) is 0 Å². The SMILES string of the molecule is Cc1cc2nc(-c3cc[c]c(O)c3)[nH]c2cc1C. The smallest absolute Gasteiger partial charge is 0.138 e. The van der Waals surface area contributed by atoms with Crippen LogP contribution in [0.1, 0.15) is 11.1 Å². The number of aromatic nitrogens is 2. The Morgan fingerprint density at radius 1 is 1.17 bits per heavy atom. The van der Waals surface area contributed by atoms with E-state index in [1.54, 1.807) is 12.1 Å². The summed E-state index contributed by atoms with van der Waals surface area (Å²) in [6.07, 6.45) is 0. The van der Waals surface area contributed by atoms with Gasteiger partial charge in [-0.3, -0.25) is 0 Å². The van der Waals surface area contributed by atoms with Crippen molar-refractivity contribution in [3.63, 3.8) is 0 Å². The number of phenols is 1. The van der Waals surface area contributed by atoms with Gasteiger partial charge in [-0.25, -0.2) is 4.98 Å². The minimum absolute atomic E-state index is 0.125. The maximum atomic E-state index is 9.44. The number of imidazole rings is 1. The van der Waals surface area contributed by atoms with Crippen LogP contribution in [0.25, 0.3) is 22.4 Å². The van der Waals surface area contributed by atoms with Crippen molar-refractivity contribution in [2.45, 2.75) is 13.8 Å². The number of H-pyrrole nitrogens is 1. The molecule has 3 aromatic rings. The van der Waals surface area contributed by atoms with E-state index in [-0.39, 0.29) is 5.75 Å². The number of hydrogen-bond acceptors (Lipinski definition) is 2. The number of aromatic hydroxyl groups is 1. The molecule has 0 spiro atoms. The second-order valence-electron chi connectivity index (χ2n) is 4.50. The zero-order chi connectivity index (χ0) is 12.7. The molecule has 3 nitrogen and oxygen atoms in total. The van der Waals surface area contributed by atoms with E-state index in [2.05, 4.69) is 42.0 Å². The van der Waals surface area contributed by atoms with Gasteiger partial charge in [-0.1, -0.05) is 6.07 Å². The molecule has 2 N–H and O–H groups in total. The van der Waals surface area contributed by atoms with Gasteiger partial charge < -0.3 is 10.1 Å². The van der Waals surface area contributed by atoms with Crippen molar-refractivity contribution in [3.8, 4) is 17.1 Å². The highest BCUT2D eigenvalue weighted by atomic mass is 16.3. The maximum Gasteiger partial charge on any atom is 0.138 e. The summed E-state index contributed by atoms with van der Waals surface area (Å²) in [4.78, 5) is 7.82. The van der Waals surface area contributed by atoms with E-state index in [1.807, 2.05) is 6.07 Å². The zero-order valence-corrected chi connectivity index (χ0v) is 10.3. The molecule has 1 radical (unpaired) electrons. The molecule has 3 rings (SSSR count). The van der Waals surface area contributed by atoms with Crippen LogP contribution in [0.15, 0.2) is 30.3 Å². The molecule has 0 unspecified atom stereocenters. The summed E-state index contributed by atoms with van der Waals surface area (Å²) in [5, 5.41) is 9.44. The van der Waals surface area contributed by atoms with Crippen LogP contribution < -0.4 is 0 Å². The fourth-order valence-electron chi connectivity index (χ4n) is 2.01. The van der Waals surface area contributed by atoms with Crippen molar-refractivity contribution in [2.24, 2.45) is 0 Å². The summed E-state index contributed by atoms with van der Waals surface area (Å²) in [6, 6.07) is 12.1. The number of nitrogens with one attached hydrogen (secondary N) is 1.